The summed E-state index contributed by atoms with van der Waals surface area (Å²) >= 11 is 1.88. The number of rotatable bonds is 4. The predicted octanol–water partition coefficient (Wildman–Crippen LogP) is 3.00. The molecule has 4 heteroatoms. The first-order valence-electron chi connectivity index (χ1n) is 6.64. The monoisotopic (exact) mass is 267 g/mol. The predicted molar refractivity (Wildman–Crippen MR) is 73.9 cm³/mol. The van der Waals surface area contributed by atoms with Gasteiger partial charge in [-0.2, -0.15) is 0 Å². The van der Waals surface area contributed by atoms with Gasteiger partial charge in [0.2, 0.25) is 0 Å². The van der Waals surface area contributed by atoms with Crippen molar-refractivity contribution in [3.63, 3.8) is 0 Å². The lowest BCUT2D eigenvalue weighted by Crippen LogP contribution is -2.41. The highest BCUT2D eigenvalue weighted by atomic mass is 32.1. The first kappa shape index (κ1) is 13.6. The second kappa shape index (κ2) is 5.85. The average Bonchev–Trinajstić information content (AvgIpc) is 2.79. The highest BCUT2D eigenvalue weighted by Crippen LogP contribution is 2.26. The van der Waals surface area contributed by atoms with Crippen LogP contribution in [0.25, 0.3) is 0 Å². The SMILES string of the molecule is CCc1ccc(CN2CCC(C(=O)O)CC2C)s1. The largest absolute Gasteiger partial charge is 0.481 e. The Bertz CT molecular complexity index is 416. The first-order chi connectivity index (χ1) is 8.60. The topological polar surface area (TPSA) is 40.5 Å². The molecule has 100 valence electrons. The third-order valence-corrected chi connectivity index (χ3v) is 5.00. The summed E-state index contributed by atoms with van der Waals surface area (Å²) < 4.78 is 0. The van der Waals surface area contributed by atoms with E-state index in [0.29, 0.717) is 6.04 Å². The Balaban J connectivity index is 1.92. The van der Waals surface area contributed by atoms with Crippen molar-refractivity contribution in [2.24, 2.45) is 5.92 Å². The highest BCUT2D eigenvalue weighted by Gasteiger charge is 2.29. The second-order valence-corrected chi connectivity index (χ2v) is 6.35. The van der Waals surface area contributed by atoms with Crippen LogP contribution in [0, 0.1) is 5.92 Å². The van der Waals surface area contributed by atoms with E-state index in [1.165, 1.54) is 9.75 Å². The minimum atomic E-state index is -0.633. The van der Waals surface area contributed by atoms with Gasteiger partial charge < -0.3 is 5.11 Å². The van der Waals surface area contributed by atoms with Crippen LogP contribution in [0.4, 0.5) is 0 Å². The molecule has 1 aromatic heterocycles. The molecule has 0 aromatic carbocycles. The number of carboxylic acid groups (broad SMARTS) is 1. The zero-order valence-corrected chi connectivity index (χ0v) is 11.9. The molecule has 0 spiro atoms. The fourth-order valence-electron chi connectivity index (χ4n) is 2.58. The zero-order chi connectivity index (χ0) is 13.1. The summed E-state index contributed by atoms with van der Waals surface area (Å²) in [6.07, 6.45) is 2.66. The van der Waals surface area contributed by atoms with Crippen LogP contribution in [0.2, 0.25) is 0 Å². The summed E-state index contributed by atoms with van der Waals surface area (Å²) in [6, 6.07) is 4.78. The van der Waals surface area contributed by atoms with Crippen molar-refractivity contribution < 1.29 is 9.90 Å². The van der Waals surface area contributed by atoms with E-state index in [1.54, 1.807) is 0 Å². The lowest BCUT2D eigenvalue weighted by Gasteiger charge is -2.35. The molecule has 2 unspecified atom stereocenters. The van der Waals surface area contributed by atoms with Crippen LogP contribution in [-0.4, -0.2) is 28.6 Å². The van der Waals surface area contributed by atoms with Crippen molar-refractivity contribution in [2.75, 3.05) is 6.54 Å². The Morgan fingerprint density at radius 3 is 2.78 bits per heavy atom. The van der Waals surface area contributed by atoms with Crippen molar-refractivity contribution >= 4 is 17.3 Å². The van der Waals surface area contributed by atoms with Gasteiger partial charge in [0, 0.05) is 22.3 Å². The molecular formula is C14H21NO2S. The second-order valence-electron chi connectivity index (χ2n) is 5.10. The summed E-state index contributed by atoms with van der Waals surface area (Å²) in [5, 5.41) is 9.05. The molecule has 1 aromatic rings. The molecule has 18 heavy (non-hydrogen) atoms. The maximum atomic E-state index is 11.0. The minimum Gasteiger partial charge on any atom is -0.481 e. The Morgan fingerprint density at radius 2 is 2.22 bits per heavy atom. The Labute approximate surface area is 112 Å². The fourth-order valence-corrected chi connectivity index (χ4v) is 3.56. The number of thiophene rings is 1. The fraction of sp³-hybridized carbons (Fsp3) is 0.643. The summed E-state index contributed by atoms with van der Waals surface area (Å²) in [5.74, 6) is -0.781. The van der Waals surface area contributed by atoms with Crippen LogP contribution in [0.1, 0.15) is 36.4 Å². The third-order valence-electron chi connectivity index (χ3n) is 3.79. The normalized spacial score (nSPS) is 25.2. The van der Waals surface area contributed by atoms with E-state index in [2.05, 4.69) is 30.9 Å². The van der Waals surface area contributed by atoms with Gasteiger partial charge in [-0.1, -0.05) is 6.92 Å². The molecule has 1 saturated heterocycles. The van der Waals surface area contributed by atoms with Crippen molar-refractivity contribution in [3.8, 4) is 0 Å². The lowest BCUT2D eigenvalue weighted by molar-refractivity contribution is -0.144. The van der Waals surface area contributed by atoms with Gasteiger partial charge in [0.05, 0.1) is 5.92 Å². The van der Waals surface area contributed by atoms with Crippen molar-refractivity contribution in [3.05, 3.63) is 21.9 Å². The average molecular weight is 267 g/mol. The van der Waals surface area contributed by atoms with E-state index in [9.17, 15) is 4.79 Å². The molecule has 0 bridgehead atoms. The van der Waals surface area contributed by atoms with Crippen LogP contribution in [0.15, 0.2) is 12.1 Å². The van der Waals surface area contributed by atoms with Gasteiger partial charge in [-0.15, -0.1) is 11.3 Å². The molecular weight excluding hydrogens is 246 g/mol. The molecule has 0 radical (unpaired) electrons. The number of aliphatic carboxylic acids is 1. The van der Waals surface area contributed by atoms with Gasteiger partial charge in [-0.25, -0.2) is 0 Å². The van der Waals surface area contributed by atoms with Crippen LogP contribution >= 0.6 is 11.3 Å². The minimum absolute atomic E-state index is 0.147. The molecule has 2 heterocycles. The molecule has 2 atom stereocenters. The molecule has 3 nitrogen and oxygen atoms in total. The van der Waals surface area contributed by atoms with Gasteiger partial charge >= 0.3 is 5.97 Å². The van der Waals surface area contributed by atoms with E-state index < -0.39 is 5.97 Å². The Kier molecular flexibility index (Phi) is 4.40. The Hall–Kier alpha value is -0.870. The first-order valence-corrected chi connectivity index (χ1v) is 7.46. The van der Waals surface area contributed by atoms with Crippen LogP contribution in [0.3, 0.4) is 0 Å². The van der Waals surface area contributed by atoms with Crippen LogP contribution < -0.4 is 0 Å². The van der Waals surface area contributed by atoms with Gasteiger partial charge in [0.15, 0.2) is 0 Å². The number of hydrogen-bond donors (Lipinski definition) is 1. The highest BCUT2D eigenvalue weighted by molar-refractivity contribution is 7.11. The smallest absolute Gasteiger partial charge is 0.306 e. The van der Waals surface area contributed by atoms with E-state index in [4.69, 9.17) is 5.11 Å². The number of carboxylic acids is 1. The Morgan fingerprint density at radius 1 is 1.50 bits per heavy atom. The van der Waals surface area contributed by atoms with Gasteiger partial charge in [-0.3, -0.25) is 9.69 Å². The van der Waals surface area contributed by atoms with Crippen LogP contribution in [0.5, 0.6) is 0 Å². The molecule has 1 aliphatic heterocycles. The standard InChI is InChI=1S/C14H21NO2S/c1-3-12-4-5-13(18-12)9-15-7-6-11(14(16)17)8-10(15)2/h4-5,10-11H,3,6-9H2,1-2H3,(H,16,17). The van der Waals surface area contributed by atoms with Gasteiger partial charge in [0.25, 0.3) is 0 Å². The molecule has 0 aliphatic carbocycles. The quantitative estimate of drug-likeness (QED) is 0.911. The summed E-state index contributed by atoms with van der Waals surface area (Å²) in [5.41, 5.74) is 0. The number of nitrogens with zero attached hydrogens (tertiary/aromatic N) is 1. The maximum absolute atomic E-state index is 11.0. The van der Waals surface area contributed by atoms with E-state index in [0.717, 1.165) is 32.4 Å². The number of likely N-dealkylation sites (tertiary alicyclic amines) is 1. The lowest BCUT2D eigenvalue weighted by atomic mass is 9.92. The summed E-state index contributed by atoms with van der Waals surface area (Å²) in [6.45, 7) is 6.19. The molecule has 0 saturated carbocycles. The molecule has 2 rings (SSSR count). The molecule has 0 amide bonds. The number of carbonyl (C=O) groups is 1. The van der Waals surface area contributed by atoms with E-state index >= 15 is 0 Å². The van der Waals surface area contributed by atoms with Crippen molar-refractivity contribution in [1.82, 2.24) is 4.90 Å². The maximum Gasteiger partial charge on any atom is 0.306 e. The molecule has 1 fully saturated rings. The van der Waals surface area contributed by atoms with Gasteiger partial charge in [0.1, 0.15) is 0 Å². The molecule has 1 N–H and O–H groups in total. The van der Waals surface area contributed by atoms with Crippen molar-refractivity contribution in [2.45, 2.75) is 45.7 Å². The third kappa shape index (κ3) is 3.12. The number of aryl methyl sites for hydroxylation is 1. The van der Waals surface area contributed by atoms with Crippen molar-refractivity contribution in [1.29, 1.82) is 0 Å². The zero-order valence-electron chi connectivity index (χ0n) is 11.1. The van der Waals surface area contributed by atoms with E-state index in [1.807, 2.05) is 11.3 Å². The van der Waals surface area contributed by atoms with Gasteiger partial charge in [-0.05, 0) is 44.9 Å². The number of piperidine rings is 1. The number of hydrogen-bond acceptors (Lipinski definition) is 3. The van der Waals surface area contributed by atoms with E-state index in [-0.39, 0.29) is 5.92 Å². The van der Waals surface area contributed by atoms with Crippen LogP contribution in [-0.2, 0) is 17.8 Å². The summed E-state index contributed by atoms with van der Waals surface area (Å²) in [7, 11) is 0. The molecule has 1 aliphatic rings. The summed E-state index contributed by atoms with van der Waals surface area (Å²) in [4.78, 5) is 16.2.